The van der Waals surface area contributed by atoms with Crippen LogP contribution in [0.5, 0.6) is 0 Å². The highest BCUT2D eigenvalue weighted by atomic mass is 16.2. The molecule has 1 aromatic carbocycles. The maximum atomic E-state index is 13.1. The van der Waals surface area contributed by atoms with Crippen molar-refractivity contribution in [2.24, 2.45) is 13.0 Å². The van der Waals surface area contributed by atoms with E-state index in [4.69, 9.17) is 5.10 Å². The lowest BCUT2D eigenvalue weighted by atomic mass is 9.92. The third kappa shape index (κ3) is 5.27. The third-order valence-electron chi connectivity index (χ3n) is 6.22. The molecule has 2 aromatic heterocycles. The number of aryl methyl sites for hydroxylation is 1. The highest BCUT2D eigenvalue weighted by molar-refractivity contribution is 5.92. The van der Waals surface area contributed by atoms with Gasteiger partial charge in [-0.05, 0) is 31.5 Å². The minimum atomic E-state index is -0.0856. The molecule has 1 fully saturated rings. The number of aromatic nitrogens is 4. The summed E-state index contributed by atoms with van der Waals surface area (Å²) in [6.07, 6.45) is 5.52. The van der Waals surface area contributed by atoms with Gasteiger partial charge in [-0.2, -0.15) is 5.10 Å². The standard InChI is InChI=1S/C25H34N6O/c1-25(2,3)21-16-22(31(28-21)17-19-8-6-5-7-9-19)27-24(32)20-10-13-30(14-11-20)18-23-26-12-15-29(23)4/h5-9,12,15-16,20H,10-11,13-14,17-18H2,1-4H3,(H,27,32). The second-order valence-electron chi connectivity index (χ2n) is 9.80. The average molecular weight is 435 g/mol. The molecule has 7 nitrogen and oxygen atoms in total. The largest absolute Gasteiger partial charge is 0.337 e. The van der Waals surface area contributed by atoms with Crippen molar-refractivity contribution in [3.63, 3.8) is 0 Å². The Morgan fingerprint density at radius 3 is 2.47 bits per heavy atom. The fourth-order valence-corrected chi connectivity index (χ4v) is 4.09. The molecular weight excluding hydrogens is 400 g/mol. The third-order valence-corrected chi connectivity index (χ3v) is 6.22. The van der Waals surface area contributed by atoms with Crippen LogP contribution in [0.1, 0.15) is 50.7 Å². The summed E-state index contributed by atoms with van der Waals surface area (Å²) in [5.74, 6) is 1.95. The first-order valence-electron chi connectivity index (χ1n) is 11.4. The van der Waals surface area contributed by atoms with Gasteiger partial charge in [0.15, 0.2) is 0 Å². The monoisotopic (exact) mass is 434 g/mol. The maximum absolute atomic E-state index is 13.1. The van der Waals surface area contributed by atoms with Gasteiger partial charge < -0.3 is 9.88 Å². The Balaban J connectivity index is 1.41. The van der Waals surface area contributed by atoms with Crippen molar-refractivity contribution < 1.29 is 4.79 Å². The molecule has 1 amide bonds. The van der Waals surface area contributed by atoms with E-state index in [1.165, 1.54) is 0 Å². The molecule has 0 atom stereocenters. The molecule has 7 heteroatoms. The van der Waals surface area contributed by atoms with Crippen molar-refractivity contribution in [2.75, 3.05) is 18.4 Å². The Kier molecular flexibility index (Phi) is 6.46. The lowest BCUT2D eigenvalue weighted by molar-refractivity contribution is -0.121. The summed E-state index contributed by atoms with van der Waals surface area (Å²) in [7, 11) is 2.02. The second-order valence-corrected chi connectivity index (χ2v) is 9.80. The number of rotatable bonds is 6. The molecule has 3 heterocycles. The van der Waals surface area contributed by atoms with Crippen molar-refractivity contribution in [2.45, 2.75) is 52.1 Å². The van der Waals surface area contributed by atoms with Gasteiger partial charge in [-0.25, -0.2) is 9.67 Å². The number of amides is 1. The number of carbonyl (C=O) groups is 1. The van der Waals surface area contributed by atoms with E-state index in [1.807, 2.05) is 48.4 Å². The normalized spacial score (nSPS) is 15.8. The Bertz CT molecular complexity index is 1040. The number of hydrogen-bond acceptors (Lipinski definition) is 4. The molecule has 4 rings (SSSR count). The van der Waals surface area contributed by atoms with Crippen LogP contribution in [0.4, 0.5) is 5.82 Å². The van der Waals surface area contributed by atoms with E-state index in [9.17, 15) is 4.79 Å². The van der Waals surface area contributed by atoms with Gasteiger partial charge in [-0.1, -0.05) is 51.1 Å². The van der Waals surface area contributed by atoms with Gasteiger partial charge in [-0.15, -0.1) is 0 Å². The number of nitrogens with one attached hydrogen (secondary N) is 1. The van der Waals surface area contributed by atoms with Crippen LogP contribution in [0.25, 0.3) is 0 Å². The molecule has 170 valence electrons. The summed E-state index contributed by atoms with van der Waals surface area (Å²) < 4.78 is 3.98. The summed E-state index contributed by atoms with van der Waals surface area (Å²) in [6.45, 7) is 9.70. The number of imidazole rings is 1. The summed E-state index contributed by atoms with van der Waals surface area (Å²) in [4.78, 5) is 19.9. The topological polar surface area (TPSA) is 68.0 Å². The smallest absolute Gasteiger partial charge is 0.228 e. The minimum Gasteiger partial charge on any atom is -0.337 e. The fraction of sp³-hybridized carbons (Fsp3) is 0.480. The predicted molar refractivity (Wildman–Crippen MR) is 126 cm³/mol. The van der Waals surface area contributed by atoms with Gasteiger partial charge in [0, 0.05) is 36.8 Å². The molecule has 0 saturated carbocycles. The van der Waals surface area contributed by atoms with Gasteiger partial charge in [0.2, 0.25) is 5.91 Å². The minimum absolute atomic E-state index is 0.0192. The van der Waals surface area contributed by atoms with Gasteiger partial charge in [0.25, 0.3) is 0 Å². The SMILES string of the molecule is Cn1ccnc1CN1CCC(C(=O)Nc2cc(C(C)(C)C)nn2Cc2ccccc2)CC1. The number of nitrogens with zero attached hydrogens (tertiary/aromatic N) is 5. The zero-order valence-corrected chi connectivity index (χ0v) is 19.6. The summed E-state index contributed by atoms with van der Waals surface area (Å²) in [6, 6.07) is 12.3. The lowest BCUT2D eigenvalue weighted by Gasteiger charge is -2.30. The Morgan fingerprint density at radius 1 is 1.12 bits per heavy atom. The molecule has 1 aliphatic rings. The Labute approximate surface area is 190 Å². The number of carbonyl (C=O) groups excluding carboxylic acids is 1. The molecule has 1 saturated heterocycles. The van der Waals surface area contributed by atoms with E-state index in [-0.39, 0.29) is 17.2 Å². The zero-order chi connectivity index (χ0) is 22.7. The van der Waals surface area contributed by atoms with Gasteiger partial charge >= 0.3 is 0 Å². The van der Waals surface area contributed by atoms with Crippen molar-refractivity contribution >= 4 is 11.7 Å². The molecular formula is C25H34N6O. The fourth-order valence-electron chi connectivity index (χ4n) is 4.09. The van der Waals surface area contributed by atoms with Crippen LogP contribution in [0, 0.1) is 5.92 Å². The summed E-state index contributed by atoms with van der Waals surface area (Å²) in [5.41, 5.74) is 2.06. The number of anilines is 1. The molecule has 0 spiro atoms. The van der Waals surface area contributed by atoms with Crippen molar-refractivity contribution in [3.05, 3.63) is 65.9 Å². The van der Waals surface area contributed by atoms with Crippen LogP contribution in [-0.2, 0) is 30.3 Å². The van der Waals surface area contributed by atoms with E-state index in [0.29, 0.717) is 6.54 Å². The van der Waals surface area contributed by atoms with Crippen molar-refractivity contribution in [3.8, 4) is 0 Å². The quantitative estimate of drug-likeness (QED) is 0.641. The van der Waals surface area contributed by atoms with Crippen LogP contribution in [0.15, 0.2) is 48.8 Å². The zero-order valence-electron chi connectivity index (χ0n) is 19.6. The van der Waals surface area contributed by atoms with E-state index < -0.39 is 0 Å². The summed E-state index contributed by atoms with van der Waals surface area (Å²) >= 11 is 0. The first-order chi connectivity index (χ1) is 15.3. The Hall–Kier alpha value is -2.93. The van der Waals surface area contributed by atoms with E-state index in [1.54, 1.807) is 0 Å². The lowest BCUT2D eigenvalue weighted by Crippen LogP contribution is -2.38. The van der Waals surface area contributed by atoms with Crippen molar-refractivity contribution in [1.82, 2.24) is 24.2 Å². The van der Waals surface area contributed by atoms with Crippen LogP contribution in [0.3, 0.4) is 0 Å². The first kappa shape index (κ1) is 22.3. The molecule has 0 bridgehead atoms. The average Bonchev–Trinajstić information content (AvgIpc) is 3.35. The number of piperidine rings is 1. The highest BCUT2D eigenvalue weighted by Gasteiger charge is 2.27. The van der Waals surface area contributed by atoms with E-state index in [0.717, 1.165) is 55.4 Å². The van der Waals surface area contributed by atoms with Crippen LogP contribution >= 0.6 is 0 Å². The van der Waals surface area contributed by atoms with Crippen molar-refractivity contribution in [1.29, 1.82) is 0 Å². The summed E-state index contributed by atoms with van der Waals surface area (Å²) in [5, 5.41) is 8.01. The molecule has 3 aromatic rings. The van der Waals surface area contributed by atoms with Crippen LogP contribution in [-0.4, -0.2) is 43.2 Å². The van der Waals surface area contributed by atoms with Gasteiger partial charge in [-0.3, -0.25) is 9.69 Å². The molecule has 1 N–H and O–H groups in total. The number of hydrogen-bond donors (Lipinski definition) is 1. The van der Waals surface area contributed by atoms with Crippen LogP contribution < -0.4 is 5.32 Å². The predicted octanol–water partition coefficient (Wildman–Crippen LogP) is 3.81. The van der Waals surface area contributed by atoms with Crippen LogP contribution in [0.2, 0.25) is 0 Å². The van der Waals surface area contributed by atoms with Gasteiger partial charge in [0.05, 0.1) is 18.8 Å². The molecule has 0 radical (unpaired) electrons. The second kappa shape index (κ2) is 9.28. The van der Waals surface area contributed by atoms with E-state index >= 15 is 0 Å². The first-order valence-corrected chi connectivity index (χ1v) is 11.4. The Morgan fingerprint density at radius 2 is 1.84 bits per heavy atom. The van der Waals surface area contributed by atoms with E-state index in [2.05, 4.69) is 52.7 Å². The number of benzene rings is 1. The van der Waals surface area contributed by atoms with Gasteiger partial charge in [0.1, 0.15) is 11.6 Å². The number of likely N-dealkylation sites (tertiary alicyclic amines) is 1. The molecule has 1 aliphatic heterocycles. The molecule has 0 aliphatic carbocycles. The highest BCUT2D eigenvalue weighted by Crippen LogP contribution is 2.26. The molecule has 32 heavy (non-hydrogen) atoms. The molecule has 0 unspecified atom stereocenters. The maximum Gasteiger partial charge on any atom is 0.228 e.